The molecule has 0 aliphatic carbocycles. The van der Waals surface area contributed by atoms with E-state index in [0.717, 1.165) is 37.2 Å². The van der Waals surface area contributed by atoms with Gasteiger partial charge in [-0.3, -0.25) is 14.6 Å². The van der Waals surface area contributed by atoms with Crippen molar-refractivity contribution in [1.29, 1.82) is 0 Å². The van der Waals surface area contributed by atoms with E-state index in [2.05, 4.69) is 31.0 Å². The average Bonchev–Trinajstić information content (AvgIpc) is 3.23. The average molecular weight is 470 g/mol. The fourth-order valence-electron chi connectivity index (χ4n) is 3.07. The first kappa shape index (κ1) is 21.0. The number of rotatable bonds is 8. The number of sulfone groups is 1. The van der Waals surface area contributed by atoms with Gasteiger partial charge in [0.25, 0.3) is 5.91 Å². The summed E-state index contributed by atoms with van der Waals surface area (Å²) in [4.78, 5) is 16.6. The number of hydrogen-bond donors (Lipinski definition) is 1. The van der Waals surface area contributed by atoms with E-state index in [4.69, 9.17) is 4.42 Å². The zero-order valence-electron chi connectivity index (χ0n) is 15.5. The molecule has 0 unspecified atom stereocenters. The lowest BCUT2D eigenvalue weighted by Gasteiger charge is -2.34. The van der Waals surface area contributed by atoms with Crippen LogP contribution in [0.25, 0.3) is 0 Å². The minimum absolute atomic E-state index is 0.119. The molecule has 0 atom stereocenters. The molecular weight excluding hydrogens is 446 g/mol. The van der Waals surface area contributed by atoms with E-state index in [1.807, 2.05) is 0 Å². The van der Waals surface area contributed by atoms with Gasteiger partial charge in [-0.05, 0) is 36.4 Å². The fraction of sp³-hybridized carbons (Fsp3) is 0.421. The topological polar surface area (TPSA) is 82.9 Å². The molecule has 2 heterocycles. The predicted octanol–water partition coefficient (Wildman–Crippen LogP) is 1.86. The minimum Gasteiger partial charge on any atom is -0.459 e. The SMILES string of the molecule is O=C(NCCN1CCN(CCS(=O)(=O)c2ccc(Br)cc2)CC1)c1ccco1. The van der Waals surface area contributed by atoms with Gasteiger partial charge in [-0.15, -0.1) is 0 Å². The summed E-state index contributed by atoms with van der Waals surface area (Å²) < 4.78 is 30.8. The summed E-state index contributed by atoms with van der Waals surface area (Å²) in [6.07, 6.45) is 1.48. The first-order chi connectivity index (χ1) is 13.4. The maximum absolute atomic E-state index is 12.5. The van der Waals surface area contributed by atoms with Gasteiger partial charge in [-0.2, -0.15) is 0 Å². The van der Waals surface area contributed by atoms with Crippen LogP contribution in [0.2, 0.25) is 0 Å². The van der Waals surface area contributed by atoms with Crippen LogP contribution in [-0.4, -0.2) is 75.7 Å². The Morgan fingerprint density at radius 3 is 2.29 bits per heavy atom. The molecule has 1 aromatic carbocycles. The summed E-state index contributed by atoms with van der Waals surface area (Å²) in [7, 11) is -3.27. The first-order valence-electron chi connectivity index (χ1n) is 9.19. The molecule has 1 aromatic heterocycles. The molecule has 0 spiro atoms. The van der Waals surface area contributed by atoms with Crippen molar-refractivity contribution in [3.63, 3.8) is 0 Å². The molecule has 0 bridgehead atoms. The Balaban J connectivity index is 1.36. The van der Waals surface area contributed by atoms with Crippen molar-refractivity contribution in [1.82, 2.24) is 15.1 Å². The van der Waals surface area contributed by atoms with Gasteiger partial charge in [-0.1, -0.05) is 15.9 Å². The van der Waals surface area contributed by atoms with Gasteiger partial charge in [-0.25, -0.2) is 8.42 Å². The van der Waals surface area contributed by atoms with Gasteiger partial charge in [0.2, 0.25) is 0 Å². The van der Waals surface area contributed by atoms with E-state index < -0.39 is 9.84 Å². The molecule has 1 aliphatic rings. The van der Waals surface area contributed by atoms with E-state index in [1.54, 1.807) is 36.4 Å². The van der Waals surface area contributed by atoms with Crippen LogP contribution < -0.4 is 5.32 Å². The number of amides is 1. The third-order valence-corrected chi connectivity index (χ3v) is 7.01. The lowest BCUT2D eigenvalue weighted by Crippen LogP contribution is -2.49. The van der Waals surface area contributed by atoms with E-state index >= 15 is 0 Å². The molecule has 28 heavy (non-hydrogen) atoms. The Hall–Kier alpha value is -1.68. The number of hydrogen-bond acceptors (Lipinski definition) is 6. The Labute approximate surface area is 173 Å². The lowest BCUT2D eigenvalue weighted by molar-refractivity contribution is 0.0911. The van der Waals surface area contributed by atoms with E-state index in [0.29, 0.717) is 23.7 Å². The Bertz CT molecular complexity index is 861. The normalized spacial score (nSPS) is 16.2. The van der Waals surface area contributed by atoms with Crippen molar-refractivity contribution in [3.05, 3.63) is 52.9 Å². The van der Waals surface area contributed by atoms with Crippen LogP contribution in [0.4, 0.5) is 0 Å². The summed E-state index contributed by atoms with van der Waals surface area (Å²) in [5.74, 6) is 0.229. The number of carbonyl (C=O) groups excluding carboxylic acids is 1. The van der Waals surface area contributed by atoms with Gasteiger partial charge < -0.3 is 9.73 Å². The van der Waals surface area contributed by atoms with Crippen LogP contribution in [0.15, 0.2) is 56.4 Å². The molecule has 7 nitrogen and oxygen atoms in total. The van der Waals surface area contributed by atoms with Crippen molar-refractivity contribution in [2.24, 2.45) is 0 Å². The quantitative estimate of drug-likeness (QED) is 0.635. The molecule has 3 rings (SSSR count). The van der Waals surface area contributed by atoms with Crippen LogP contribution in [0.1, 0.15) is 10.6 Å². The van der Waals surface area contributed by atoms with Crippen LogP contribution in [-0.2, 0) is 9.84 Å². The Kier molecular flexibility index (Phi) is 7.28. The lowest BCUT2D eigenvalue weighted by atomic mass is 10.3. The number of piperazine rings is 1. The van der Waals surface area contributed by atoms with E-state index in [1.165, 1.54) is 6.26 Å². The largest absolute Gasteiger partial charge is 0.459 e. The fourth-order valence-corrected chi connectivity index (χ4v) is 4.62. The third kappa shape index (κ3) is 5.91. The van der Waals surface area contributed by atoms with Gasteiger partial charge in [0, 0.05) is 50.3 Å². The highest BCUT2D eigenvalue weighted by atomic mass is 79.9. The van der Waals surface area contributed by atoms with Crippen LogP contribution >= 0.6 is 15.9 Å². The van der Waals surface area contributed by atoms with Crippen LogP contribution in [0.5, 0.6) is 0 Å². The van der Waals surface area contributed by atoms with Crippen LogP contribution in [0, 0.1) is 0 Å². The number of nitrogens with one attached hydrogen (secondary N) is 1. The molecule has 9 heteroatoms. The molecular formula is C19H24BrN3O4S. The van der Waals surface area contributed by atoms with Gasteiger partial charge >= 0.3 is 0 Å². The van der Waals surface area contributed by atoms with Gasteiger partial charge in [0.1, 0.15) is 0 Å². The smallest absolute Gasteiger partial charge is 0.287 e. The molecule has 1 N–H and O–H groups in total. The van der Waals surface area contributed by atoms with Gasteiger partial charge in [0.05, 0.1) is 16.9 Å². The van der Waals surface area contributed by atoms with Crippen molar-refractivity contribution in [2.45, 2.75) is 4.90 Å². The highest BCUT2D eigenvalue weighted by Crippen LogP contribution is 2.16. The molecule has 1 saturated heterocycles. The highest BCUT2D eigenvalue weighted by Gasteiger charge is 2.20. The second-order valence-corrected chi connectivity index (χ2v) is 9.71. The van der Waals surface area contributed by atoms with Crippen molar-refractivity contribution < 1.29 is 17.6 Å². The summed E-state index contributed by atoms with van der Waals surface area (Å²) in [6.45, 7) is 5.20. The molecule has 0 saturated carbocycles. The number of benzene rings is 1. The van der Waals surface area contributed by atoms with Crippen molar-refractivity contribution in [3.8, 4) is 0 Å². The monoisotopic (exact) mass is 469 g/mol. The molecule has 1 amide bonds. The molecule has 1 aliphatic heterocycles. The second-order valence-electron chi connectivity index (χ2n) is 6.69. The molecule has 0 radical (unpaired) electrons. The zero-order valence-corrected chi connectivity index (χ0v) is 17.9. The molecule has 2 aromatic rings. The van der Waals surface area contributed by atoms with E-state index in [-0.39, 0.29) is 11.7 Å². The highest BCUT2D eigenvalue weighted by molar-refractivity contribution is 9.10. The maximum Gasteiger partial charge on any atom is 0.287 e. The number of carbonyl (C=O) groups is 1. The van der Waals surface area contributed by atoms with E-state index in [9.17, 15) is 13.2 Å². The predicted molar refractivity (Wildman–Crippen MR) is 110 cm³/mol. The standard InChI is InChI=1S/C19H24BrN3O4S/c20-16-3-5-17(6-4-16)28(25,26)15-13-23-11-9-22(10-12-23)8-7-21-19(24)18-2-1-14-27-18/h1-6,14H,7-13,15H2,(H,21,24). The second kappa shape index (κ2) is 9.69. The maximum atomic E-state index is 12.5. The summed E-state index contributed by atoms with van der Waals surface area (Å²) in [5, 5.41) is 2.84. The Morgan fingerprint density at radius 2 is 1.68 bits per heavy atom. The Morgan fingerprint density at radius 1 is 1.04 bits per heavy atom. The van der Waals surface area contributed by atoms with Crippen molar-refractivity contribution >= 4 is 31.7 Å². The van der Waals surface area contributed by atoms with Crippen molar-refractivity contribution in [2.75, 3.05) is 51.6 Å². The summed E-state index contributed by atoms with van der Waals surface area (Å²) in [6, 6.07) is 10.1. The minimum atomic E-state index is -3.27. The van der Waals surface area contributed by atoms with Gasteiger partial charge in [0.15, 0.2) is 15.6 Å². The summed E-state index contributed by atoms with van der Waals surface area (Å²) in [5.41, 5.74) is 0. The molecule has 1 fully saturated rings. The number of furan rings is 1. The zero-order chi connectivity index (χ0) is 20.0. The third-order valence-electron chi connectivity index (χ3n) is 4.77. The molecule has 152 valence electrons. The number of nitrogens with zero attached hydrogens (tertiary/aromatic N) is 2. The summed E-state index contributed by atoms with van der Waals surface area (Å²) >= 11 is 3.32. The first-order valence-corrected chi connectivity index (χ1v) is 11.6. The number of halogens is 1. The van der Waals surface area contributed by atoms with Crippen LogP contribution in [0.3, 0.4) is 0 Å².